The molecular formula is C18H18Cl2N6O3. The van der Waals surface area contributed by atoms with Gasteiger partial charge in [0.15, 0.2) is 5.82 Å². The average Bonchev–Trinajstić information content (AvgIpc) is 3.18. The molecule has 152 valence electrons. The van der Waals surface area contributed by atoms with E-state index < -0.39 is 4.92 Å². The summed E-state index contributed by atoms with van der Waals surface area (Å²) in [7, 11) is 0. The SMILES string of the molecule is Cc1nn(CCC(=O)Nc2cc(C)n(Cc3c(Cl)cccc3Cl)n2)cc1[N+](=O)[O-]. The molecule has 0 unspecified atom stereocenters. The molecule has 0 bridgehead atoms. The number of hydrogen-bond acceptors (Lipinski definition) is 5. The van der Waals surface area contributed by atoms with Gasteiger partial charge in [0.05, 0.1) is 11.5 Å². The van der Waals surface area contributed by atoms with Gasteiger partial charge in [-0.1, -0.05) is 29.3 Å². The fourth-order valence-electron chi connectivity index (χ4n) is 2.79. The molecule has 11 heteroatoms. The summed E-state index contributed by atoms with van der Waals surface area (Å²) < 4.78 is 3.08. The highest BCUT2D eigenvalue weighted by molar-refractivity contribution is 6.35. The molecule has 0 aliphatic rings. The minimum atomic E-state index is -0.500. The van der Waals surface area contributed by atoms with Crippen molar-refractivity contribution in [2.24, 2.45) is 0 Å². The molecule has 1 N–H and O–H groups in total. The Kier molecular flexibility index (Phi) is 6.19. The number of carbonyl (C=O) groups is 1. The van der Waals surface area contributed by atoms with Gasteiger partial charge in [0.1, 0.15) is 11.9 Å². The third-order valence-corrected chi connectivity index (χ3v) is 5.01. The molecule has 3 rings (SSSR count). The summed E-state index contributed by atoms with van der Waals surface area (Å²) in [6.45, 7) is 4.00. The molecule has 0 atom stereocenters. The van der Waals surface area contributed by atoms with Gasteiger partial charge in [-0.05, 0) is 26.0 Å². The summed E-state index contributed by atoms with van der Waals surface area (Å²) in [5, 5.41) is 23.1. The zero-order chi connectivity index (χ0) is 21.1. The van der Waals surface area contributed by atoms with Crippen molar-refractivity contribution in [2.75, 3.05) is 5.32 Å². The Morgan fingerprint density at radius 1 is 1.24 bits per heavy atom. The first-order chi connectivity index (χ1) is 13.7. The molecule has 0 spiro atoms. The molecule has 3 aromatic rings. The van der Waals surface area contributed by atoms with Gasteiger partial charge in [-0.3, -0.25) is 24.3 Å². The number of aromatic nitrogens is 4. The minimum Gasteiger partial charge on any atom is -0.309 e. The van der Waals surface area contributed by atoms with E-state index in [2.05, 4.69) is 15.5 Å². The molecule has 2 aromatic heterocycles. The van der Waals surface area contributed by atoms with Gasteiger partial charge in [-0.2, -0.15) is 10.2 Å². The number of nitrogens with zero attached hydrogens (tertiary/aromatic N) is 5. The summed E-state index contributed by atoms with van der Waals surface area (Å²) in [6, 6.07) is 7.02. The molecule has 2 heterocycles. The zero-order valence-corrected chi connectivity index (χ0v) is 17.2. The molecule has 9 nitrogen and oxygen atoms in total. The first-order valence-electron chi connectivity index (χ1n) is 8.70. The van der Waals surface area contributed by atoms with Crippen molar-refractivity contribution in [1.82, 2.24) is 19.6 Å². The van der Waals surface area contributed by atoms with Gasteiger partial charge >= 0.3 is 5.69 Å². The lowest BCUT2D eigenvalue weighted by molar-refractivity contribution is -0.385. The van der Waals surface area contributed by atoms with Gasteiger partial charge in [0.2, 0.25) is 5.91 Å². The first kappa shape index (κ1) is 20.8. The monoisotopic (exact) mass is 436 g/mol. The molecule has 0 radical (unpaired) electrons. The van der Waals surface area contributed by atoms with E-state index in [4.69, 9.17) is 23.2 Å². The summed E-state index contributed by atoms with van der Waals surface area (Å²) in [5.41, 5.74) is 1.81. The van der Waals surface area contributed by atoms with Crippen LogP contribution in [0.3, 0.4) is 0 Å². The second-order valence-electron chi connectivity index (χ2n) is 6.45. The van der Waals surface area contributed by atoms with E-state index >= 15 is 0 Å². The van der Waals surface area contributed by atoms with Gasteiger partial charge in [-0.15, -0.1) is 0 Å². The number of benzene rings is 1. The summed E-state index contributed by atoms with van der Waals surface area (Å²) >= 11 is 12.4. The van der Waals surface area contributed by atoms with E-state index in [1.54, 1.807) is 35.9 Å². The quantitative estimate of drug-likeness (QED) is 0.444. The molecular weight excluding hydrogens is 419 g/mol. The lowest BCUT2D eigenvalue weighted by Crippen LogP contribution is -2.15. The molecule has 0 aliphatic carbocycles. The number of hydrogen-bond donors (Lipinski definition) is 1. The van der Waals surface area contributed by atoms with Crippen molar-refractivity contribution in [3.63, 3.8) is 0 Å². The van der Waals surface area contributed by atoms with Crippen LogP contribution in [0.1, 0.15) is 23.4 Å². The van der Waals surface area contributed by atoms with Crippen LogP contribution in [0.5, 0.6) is 0 Å². The number of nitro groups is 1. The van der Waals surface area contributed by atoms with Crippen LogP contribution in [0.4, 0.5) is 11.5 Å². The summed E-state index contributed by atoms with van der Waals surface area (Å²) in [5.74, 6) is 0.125. The van der Waals surface area contributed by atoms with Gasteiger partial charge in [-0.25, -0.2) is 0 Å². The smallest absolute Gasteiger partial charge is 0.309 e. The number of halogens is 2. The summed E-state index contributed by atoms with van der Waals surface area (Å²) in [6.07, 6.45) is 1.41. The van der Waals surface area contributed by atoms with Crippen molar-refractivity contribution in [3.05, 3.63) is 67.6 Å². The molecule has 29 heavy (non-hydrogen) atoms. The van der Waals surface area contributed by atoms with Crippen LogP contribution in [-0.2, 0) is 17.9 Å². The van der Waals surface area contributed by atoms with E-state index in [1.807, 2.05) is 6.92 Å². The fraction of sp³-hybridized carbons (Fsp3) is 0.278. The Hall–Kier alpha value is -2.91. The largest absolute Gasteiger partial charge is 0.309 e. The predicted molar refractivity (Wildman–Crippen MR) is 109 cm³/mol. The van der Waals surface area contributed by atoms with Crippen molar-refractivity contribution in [3.8, 4) is 0 Å². The highest BCUT2D eigenvalue weighted by atomic mass is 35.5. The minimum absolute atomic E-state index is 0.0713. The van der Waals surface area contributed by atoms with Crippen LogP contribution in [0.25, 0.3) is 0 Å². The maximum Gasteiger partial charge on any atom is 0.309 e. The van der Waals surface area contributed by atoms with Gasteiger partial charge < -0.3 is 5.32 Å². The van der Waals surface area contributed by atoms with Gasteiger partial charge in [0.25, 0.3) is 0 Å². The van der Waals surface area contributed by atoms with Crippen molar-refractivity contribution < 1.29 is 9.72 Å². The average molecular weight is 437 g/mol. The van der Waals surface area contributed by atoms with E-state index in [0.29, 0.717) is 28.1 Å². The van der Waals surface area contributed by atoms with Crippen LogP contribution >= 0.6 is 23.2 Å². The van der Waals surface area contributed by atoms with Crippen molar-refractivity contribution in [1.29, 1.82) is 0 Å². The normalized spacial score (nSPS) is 10.9. The summed E-state index contributed by atoms with van der Waals surface area (Å²) in [4.78, 5) is 22.6. The maximum atomic E-state index is 12.2. The Morgan fingerprint density at radius 2 is 1.93 bits per heavy atom. The lowest BCUT2D eigenvalue weighted by atomic mass is 10.2. The molecule has 1 aromatic carbocycles. The van der Waals surface area contributed by atoms with Gasteiger partial charge in [0, 0.05) is 40.3 Å². The van der Waals surface area contributed by atoms with E-state index in [9.17, 15) is 14.9 Å². The highest BCUT2D eigenvalue weighted by Crippen LogP contribution is 2.26. The molecule has 1 amide bonds. The number of rotatable bonds is 7. The Morgan fingerprint density at radius 3 is 2.55 bits per heavy atom. The third-order valence-electron chi connectivity index (χ3n) is 4.30. The first-order valence-corrected chi connectivity index (χ1v) is 9.46. The number of carbonyl (C=O) groups excluding carboxylic acids is 1. The van der Waals surface area contributed by atoms with Crippen LogP contribution in [0.2, 0.25) is 10.0 Å². The highest BCUT2D eigenvalue weighted by Gasteiger charge is 2.16. The number of anilines is 1. The second kappa shape index (κ2) is 8.62. The maximum absolute atomic E-state index is 12.2. The second-order valence-corrected chi connectivity index (χ2v) is 7.26. The van der Waals surface area contributed by atoms with E-state index in [1.165, 1.54) is 10.9 Å². The zero-order valence-electron chi connectivity index (χ0n) is 15.7. The standard InChI is InChI=1S/C18H18Cl2N6O3/c1-11-8-17(23-25(11)9-13-14(19)4-3-5-15(13)20)21-18(27)6-7-24-10-16(26(28)29)12(2)22-24/h3-5,8,10H,6-7,9H2,1-2H3,(H,21,23,27). The molecule has 0 saturated heterocycles. The van der Waals surface area contributed by atoms with Crippen LogP contribution < -0.4 is 5.32 Å². The van der Waals surface area contributed by atoms with E-state index in [-0.39, 0.29) is 24.6 Å². The Bertz CT molecular complexity index is 1060. The topological polar surface area (TPSA) is 108 Å². The van der Waals surface area contributed by atoms with E-state index in [0.717, 1.165) is 11.3 Å². The third kappa shape index (κ3) is 4.93. The number of nitrogens with one attached hydrogen (secondary N) is 1. The molecule has 0 fully saturated rings. The Balaban J connectivity index is 1.62. The number of amides is 1. The Labute approximate surface area is 176 Å². The van der Waals surface area contributed by atoms with Crippen LogP contribution in [0.15, 0.2) is 30.5 Å². The fourth-order valence-corrected chi connectivity index (χ4v) is 3.30. The van der Waals surface area contributed by atoms with Crippen molar-refractivity contribution >= 4 is 40.6 Å². The molecule has 0 saturated carbocycles. The van der Waals surface area contributed by atoms with Crippen molar-refractivity contribution in [2.45, 2.75) is 33.4 Å². The van der Waals surface area contributed by atoms with Crippen LogP contribution in [-0.4, -0.2) is 30.4 Å². The number of aryl methyl sites for hydroxylation is 3. The van der Waals surface area contributed by atoms with Crippen LogP contribution in [0, 0.1) is 24.0 Å². The predicted octanol–water partition coefficient (Wildman–Crippen LogP) is 3.99. The lowest BCUT2D eigenvalue weighted by Gasteiger charge is -2.08. The molecule has 0 aliphatic heterocycles.